The van der Waals surface area contributed by atoms with E-state index in [1.807, 2.05) is 32.3 Å². The molecule has 0 unspecified atom stereocenters. The third kappa shape index (κ3) is 4.63. The monoisotopic (exact) mass is 419 g/mol. The number of ether oxygens (including phenoxy) is 1. The van der Waals surface area contributed by atoms with Crippen molar-refractivity contribution >= 4 is 45.0 Å². The second-order valence-corrected chi connectivity index (χ2v) is 7.85. The molecule has 0 aliphatic heterocycles. The molecule has 0 bridgehead atoms. The van der Waals surface area contributed by atoms with Gasteiger partial charge in [0.15, 0.2) is 5.13 Å². The first-order chi connectivity index (χ1) is 12.9. The first-order valence-corrected chi connectivity index (χ1v) is 9.69. The average molecular weight is 420 g/mol. The number of halogens is 1. The number of aryl methyl sites for hydroxylation is 2. The highest BCUT2D eigenvalue weighted by Gasteiger charge is 2.22. The van der Waals surface area contributed by atoms with Gasteiger partial charge in [-0.2, -0.15) is 0 Å². The lowest BCUT2D eigenvalue weighted by Gasteiger charge is -2.22. The normalized spacial score (nSPS) is 10.8. The fourth-order valence-electron chi connectivity index (χ4n) is 2.83. The second kappa shape index (κ2) is 9.37. The predicted molar refractivity (Wildman–Crippen MR) is 120 cm³/mol. The van der Waals surface area contributed by atoms with Gasteiger partial charge < -0.3 is 9.64 Å². The van der Waals surface area contributed by atoms with Crippen LogP contribution in [0.2, 0.25) is 0 Å². The summed E-state index contributed by atoms with van der Waals surface area (Å²) in [7, 11) is 5.60. The number of likely N-dealkylation sites (N-methyl/N-ethyl adjacent to an activating group) is 1. The number of anilines is 1. The highest BCUT2D eigenvalue weighted by molar-refractivity contribution is 7.22. The van der Waals surface area contributed by atoms with Crippen molar-refractivity contribution < 1.29 is 9.53 Å². The van der Waals surface area contributed by atoms with E-state index in [4.69, 9.17) is 9.72 Å². The van der Waals surface area contributed by atoms with Crippen LogP contribution in [0.4, 0.5) is 5.13 Å². The number of thiazole rings is 1. The fraction of sp³-hybridized carbons (Fsp3) is 0.333. The van der Waals surface area contributed by atoms with Crippen LogP contribution in [-0.4, -0.2) is 50.1 Å². The topological polar surface area (TPSA) is 45.7 Å². The summed E-state index contributed by atoms with van der Waals surface area (Å²) in [5, 5.41) is 0.730. The van der Waals surface area contributed by atoms with Crippen molar-refractivity contribution in [3.8, 4) is 5.75 Å². The molecular formula is C21H26ClN3O2S. The summed E-state index contributed by atoms with van der Waals surface area (Å²) in [5.74, 6) is 0.605. The van der Waals surface area contributed by atoms with E-state index in [1.54, 1.807) is 29.4 Å². The Morgan fingerprint density at radius 3 is 2.57 bits per heavy atom. The molecule has 28 heavy (non-hydrogen) atoms. The number of carbonyl (C=O) groups is 1. The van der Waals surface area contributed by atoms with Crippen LogP contribution < -0.4 is 9.64 Å². The molecule has 0 saturated heterocycles. The molecule has 7 heteroatoms. The van der Waals surface area contributed by atoms with Crippen molar-refractivity contribution in [1.82, 2.24) is 9.88 Å². The first kappa shape index (κ1) is 22.1. The Morgan fingerprint density at radius 1 is 1.14 bits per heavy atom. The van der Waals surface area contributed by atoms with Gasteiger partial charge in [0.05, 0.1) is 17.3 Å². The Kier molecular flexibility index (Phi) is 7.41. The van der Waals surface area contributed by atoms with E-state index < -0.39 is 0 Å². The predicted octanol–water partition coefficient (Wildman–Crippen LogP) is 4.55. The van der Waals surface area contributed by atoms with Crippen LogP contribution in [0.1, 0.15) is 21.5 Å². The molecule has 2 aromatic carbocycles. The maximum atomic E-state index is 13.3. The third-order valence-electron chi connectivity index (χ3n) is 4.64. The zero-order valence-electron chi connectivity index (χ0n) is 16.9. The number of rotatable bonds is 6. The Hall–Kier alpha value is -2.15. The van der Waals surface area contributed by atoms with Gasteiger partial charge in [0.2, 0.25) is 0 Å². The van der Waals surface area contributed by atoms with Crippen LogP contribution in [0, 0.1) is 13.8 Å². The molecule has 0 fully saturated rings. The largest absolute Gasteiger partial charge is 0.497 e. The quantitative estimate of drug-likeness (QED) is 0.587. The number of benzene rings is 2. The van der Waals surface area contributed by atoms with Crippen LogP contribution in [0.3, 0.4) is 0 Å². The van der Waals surface area contributed by atoms with Crippen molar-refractivity contribution in [2.24, 2.45) is 0 Å². The van der Waals surface area contributed by atoms with E-state index in [0.29, 0.717) is 17.9 Å². The van der Waals surface area contributed by atoms with Gasteiger partial charge in [-0.3, -0.25) is 9.69 Å². The molecule has 1 heterocycles. The maximum Gasteiger partial charge on any atom is 0.260 e. The molecule has 0 atom stereocenters. The second-order valence-electron chi connectivity index (χ2n) is 6.84. The minimum absolute atomic E-state index is 0. The lowest BCUT2D eigenvalue weighted by atomic mass is 10.1. The molecule has 5 nitrogen and oxygen atoms in total. The van der Waals surface area contributed by atoms with Crippen LogP contribution in [0.25, 0.3) is 10.2 Å². The van der Waals surface area contributed by atoms with Crippen LogP contribution in [-0.2, 0) is 0 Å². The van der Waals surface area contributed by atoms with Gasteiger partial charge in [0, 0.05) is 18.7 Å². The zero-order valence-corrected chi connectivity index (χ0v) is 18.5. The van der Waals surface area contributed by atoms with Gasteiger partial charge in [0.1, 0.15) is 5.75 Å². The molecule has 1 amide bonds. The number of aromatic nitrogens is 1. The van der Waals surface area contributed by atoms with Crippen LogP contribution >= 0.6 is 23.7 Å². The summed E-state index contributed by atoms with van der Waals surface area (Å²) in [6, 6.07) is 11.4. The summed E-state index contributed by atoms with van der Waals surface area (Å²) in [6.45, 7) is 5.48. The standard InChI is InChI=1S/C21H25N3O2S.ClH/c1-14-9-10-18-19(15(14)2)22-21(27-18)24(12-11-23(3)4)20(25)16-7-6-8-17(13-16)26-5;/h6-10,13H,11-12H2,1-5H3;1H. The summed E-state index contributed by atoms with van der Waals surface area (Å²) in [5.41, 5.74) is 3.94. The highest BCUT2D eigenvalue weighted by atomic mass is 35.5. The maximum absolute atomic E-state index is 13.3. The van der Waals surface area contributed by atoms with E-state index in [-0.39, 0.29) is 18.3 Å². The summed E-state index contributed by atoms with van der Waals surface area (Å²) < 4.78 is 6.37. The lowest BCUT2D eigenvalue weighted by molar-refractivity contribution is 0.0985. The zero-order chi connectivity index (χ0) is 19.6. The average Bonchev–Trinajstić information content (AvgIpc) is 3.09. The summed E-state index contributed by atoms with van der Waals surface area (Å²) in [6.07, 6.45) is 0. The molecule has 3 rings (SSSR count). The fourth-order valence-corrected chi connectivity index (χ4v) is 3.88. The van der Waals surface area contributed by atoms with E-state index in [1.165, 1.54) is 5.56 Å². The number of methoxy groups -OCH3 is 1. The van der Waals surface area contributed by atoms with Crippen molar-refractivity contribution in [1.29, 1.82) is 0 Å². The number of hydrogen-bond acceptors (Lipinski definition) is 5. The van der Waals surface area contributed by atoms with Gasteiger partial charge in [-0.1, -0.05) is 23.5 Å². The highest BCUT2D eigenvalue weighted by Crippen LogP contribution is 2.32. The van der Waals surface area contributed by atoms with Gasteiger partial charge >= 0.3 is 0 Å². The van der Waals surface area contributed by atoms with Crippen LogP contribution in [0.5, 0.6) is 5.75 Å². The van der Waals surface area contributed by atoms with Crippen molar-refractivity contribution in [2.75, 3.05) is 39.2 Å². The molecule has 0 radical (unpaired) electrons. The number of amides is 1. The number of nitrogens with zero attached hydrogens (tertiary/aromatic N) is 3. The minimum atomic E-state index is -0.0656. The van der Waals surface area contributed by atoms with E-state index >= 15 is 0 Å². The molecule has 0 aliphatic rings. The molecule has 0 spiro atoms. The molecule has 0 N–H and O–H groups in total. The van der Waals surface area contributed by atoms with Gasteiger partial charge in [-0.05, 0) is 63.3 Å². The van der Waals surface area contributed by atoms with E-state index in [9.17, 15) is 4.79 Å². The Balaban J connectivity index is 0.00000280. The molecule has 150 valence electrons. The molecule has 3 aromatic rings. The summed E-state index contributed by atoms with van der Waals surface area (Å²) >= 11 is 1.56. The Morgan fingerprint density at radius 2 is 1.89 bits per heavy atom. The third-order valence-corrected chi connectivity index (χ3v) is 5.68. The smallest absolute Gasteiger partial charge is 0.260 e. The lowest BCUT2D eigenvalue weighted by Crippen LogP contribution is -2.36. The number of carbonyl (C=O) groups excluding carboxylic acids is 1. The van der Waals surface area contributed by atoms with Crippen LogP contribution in [0.15, 0.2) is 36.4 Å². The Bertz CT molecular complexity index is 971. The molecular weight excluding hydrogens is 394 g/mol. The van der Waals surface area contributed by atoms with Gasteiger partial charge in [-0.15, -0.1) is 12.4 Å². The Labute approximate surface area is 176 Å². The number of hydrogen-bond donors (Lipinski definition) is 0. The van der Waals surface area contributed by atoms with Crippen molar-refractivity contribution in [2.45, 2.75) is 13.8 Å². The minimum Gasteiger partial charge on any atom is -0.497 e. The SMILES string of the molecule is COc1cccc(C(=O)N(CCN(C)C)c2nc3c(C)c(C)ccc3s2)c1.Cl. The molecule has 0 saturated carbocycles. The van der Waals surface area contributed by atoms with Gasteiger partial charge in [-0.25, -0.2) is 4.98 Å². The molecule has 0 aliphatic carbocycles. The number of fused-ring (bicyclic) bond motifs is 1. The van der Waals surface area contributed by atoms with Crippen molar-refractivity contribution in [3.05, 3.63) is 53.1 Å². The van der Waals surface area contributed by atoms with Gasteiger partial charge in [0.25, 0.3) is 5.91 Å². The first-order valence-electron chi connectivity index (χ1n) is 8.88. The van der Waals surface area contributed by atoms with Crippen molar-refractivity contribution in [3.63, 3.8) is 0 Å². The van der Waals surface area contributed by atoms with E-state index in [2.05, 4.69) is 30.9 Å². The summed E-state index contributed by atoms with van der Waals surface area (Å²) in [4.78, 5) is 21.9. The molecule has 1 aromatic heterocycles. The van der Waals surface area contributed by atoms with E-state index in [0.717, 1.165) is 27.5 Å².